The minimum atomic E-state index is -3.69. The molecule has 0 spiro atoms. The van der Waals surface area contributed by atoms with E-state index in [4.69, 9.17) is 9.47 Å². The number of carbonyl (C=O) groups is 1. The van der Waals surface area contributed by atoms with E-state index < -0.39 is 10.0 Å². The van der Waals surface area contributed by atoms with E-state index >= 15 is 0 Å². The number of amides is 1. The molecule has 1 amide bonds. The minimum Gasteiger partial charge on any atom is -0.495 e. The topological polar surface area (TPSA) is 88.2 Å². The molecule has 8 nitrogen and oxygen atoms in total. The lowest BCUT2D eigenvalue weighted by Gasteiger charge is -2.32. The second-order valence-electron chi connectivity index (χ2n) is 5.54. The smallest absolute Gasteiger partial charge is 0.262 e. The Balaban J connectivity index is 1.99. The monoisotopic (exact) mass is 341 g/mol. The van der Waals surface area contributed by atoms with E-state index in [1.807, 2.05) is 7.05 Å². The van der Waals surface area contributed by atoms with E-state index in [2.05, 4.69) is 10.2 Å². The molecular formula is C14H19N3O5S. The van der Waals surface area contributed by atoms with Crippen LogP contribution in [0.15, 0.2) is 17.0 Å². The van der Waals surface area contributed by atoms with E-state index in [0.29, 0.717) is 37.6 Å². The van der Waals surface area contributed by atoms with Gasteiger partial charge in [-0.3, -0.25) is 4.79 Å². The fraction of sp³-hybridized carbons (Fsp3) is 0.500. The molecule has 1 N–H and O–H groups in total. The number of methoxy groups -OCH3 is 1. The summed E-state index contributed by atoms with van der Waals surface area (Å²) in [5.41, 5.74) is 0.412. The third-order valence-corrected chi connectivity index (χ3v) is 5.90. The average Bonchev–Trinajstić information content (AvgIpc) is 2.53. The van der Waals surface area contributed by atoms with Gasteiger partial charge in [0.25, 0.3) is 5.91 Å². The number of carbonyl (C=O) groups excluding carboxylic acids is 1. The van der Waals surface area contributed by atoms with Crippen LogP contribution in [0.3, 0.4) is 0 Å². The summed E-state index contributed by atoms with van der Waals surface area (Å²) >= 11 is 0. The number of sulfonamides is 1. The Morgan fingerprint density at radius 1 is 1.22 bits per heavy atom. The van der Waals surface area contributed by atoms with Crippen molar-refractivity contribution >= 4 is 21.6 Å². The summed E-state index contributed by atoms with van der Waals surface area (Å²) in [7, 11) is -0.329. The SMILES string of the molecule is COc1cc2c(cc1S(=O)(=O)N1CCN(C)CC1)OCC(=O)N2. The molecule has 2 aliphatic heterocycles. The molecule has 2 aliphatic rings. The summed E-state index contributed by atoms with van der Waals surface area (Å²) in [5.74, 6) is 0.237. The van der Waals surface area contributed by atoms with Crippen molar-refractivity contribution in [3.8, 4) is 11.5 Å². The third kappa shape index (κ3) is 2.99. The van der Waals surface area contributed by atoms with E-state index in [-0.39, 0.29) is 23.2 Å². The summed E-state index contributed by atoms with van der Waals surface area (Å²) in [5, 5.41) is 2.64. The molecule has 126 valence electrons. The van der Waals surface area contributed by atoms with Gasteiger partial charge in [-0.05, 0) is 7.05 Å². The zero-order valence-corrected chi connectivity index (χ0v) is 13.9. The van der Waals surface area contributed by atoms with E-state index in [0.717, 1.165) is 0 Å². The molecule has 1 fully saturated rings. The average molecular weight is 341 g/mol. The van der Waals surface area contributed by atoms with Crippen LogP contribution in [0.25, 0.3) is 0 Å². The number of nitrogens with zero attached hydrogens (tertiary/aromatic N) is 2. The molecule has 3 rings (SSSR count). The first-order chi connectivity index (χ1) is 10.9. The van der Waals surface area contributed by atoms with Crippen LogP contribution in [0.2, 0.25) is 0 Å². The number of anilines is 1. The van der Waals surface area contributed by atoms with E-state index in [9.17, 15) is 13.2 Å². The first-order valence-electron chi connectivity index (χ1n) is 7.25. The maximum absolute atomic E-state index is 12.9. The molecule has 1 aromatic carbocycles. The zero-order chi connectivity index (χ0) is 16.6. The molecule has 0 radical (unpaired) electrons. The second-order valence-corrected chi connectivity index (χ2v) is 7.45. The minimum absolute atomic E-state index is 0.0550. The summed E-state index contributed by atoms with van der Waals surface area (Å²) in [6.45, 7) is 2.08. The van der Waals surface area contributed by atoms with Gasteiger partial charge >= 0.3 is 0 Å². The van der Waals surface area contributed by atoms with Crippen molar-refractivity contribution < 1.29 is 22.7 Å². The molecule has 0 unspecified atom stereocenters. The molecule has 23 heavy (non-hydrogen) atoms. The summed E-state index contributed by atoms with van der Waals surface area (Å²) in [6, 6.07) is 2.90. The fourth-order valence-electron chi connectivity index (χ4n) is 2.62. The summed E-state index contributed by atoms with van der Waals surface area (Å²) < 4.78 is 37.8. The third-order valence-electron chi connectivity index (χ3n) is 3.98. The first-order valence-corrected chi connectivity index (χ1v) is 8.69. The number of likely N-dealkylation sites (N-methyl/N-ethyl adjacent to an activating group) is 1. The van der Waals surface area contributed by atoms with Gasteiger partial charge in [0, 0.05) is 38.3 Å². The molecule has 0 saturated carbocycles. The van der Waals surface area contributed by atoms with Crippen LogP contribution in [-0.4, -0.2) is 70.5 Å². The molecule has 1 aromatic rings. The first kappa shape index (κ1) is 16.0. The Kier molecular flexibility index (Phi) is 4.17. The number of hydrogen-bond donors (Lipinski definition) is 1. The van der Waals surface area contributed by atoms with Crippen molar-refractivity contribution in [2.75, 3.05) is 52.3 Å². The highest BCUT2D eigenvalue weighted by atomic mass is 32.2. The van der Waals surface area contributed by atoms with Crippen LogP contribution in [0.5, 0.6) is 11.5 Å². The fourth-order valence-corrected chi connectivity index (χ4v) is 4.19. The van der Waals surface area contributed by atoms with E-state index in [1.165, 1.54) is 23.5 Å². The Hall–Kier alpha value is -1.84. The highest BCUT2D eigenvalue weighted by Crippen LogP contribution is 2.38. The van der Waals surface area contributed by atoms with Crippen LogP contribution in [0.4, 0.5) is 5.69 Å². The quantitative estimate of drug-likeness (QED) is 0.830. The molecule has 0 bridgehead atoms. The summed E-state index contributed by atoms with van der Waals surface area (Å²) in [4.78, 5) is 13.5. The van der Waals surface area contributed by atoms with Gasteiger partial charge in [-0.25, -0.2) is 8.42 Å². The lowest BCUT2D eigenvalue weighted by Crippen LogP contribution is -2.47. The normalized spacial score (nSPS) is 19.7. The van der Waals surface area contributed by atoms with Crippen molar-refractivity contribution in [1.82, 2.24) is 9.21 Å². The Labute approximate surface area is 135 Å². The van der Waals surface area contributed by atoms with Crippen LogP contribution in [0, 0.1) is 0 Å². The maximum atomic E-state index is 12.9. The molecule has 9 heteroatoms. The van der Waals surface area contributed by atoms with Gasteiger partial charge in [-0.15, -0.1) is 0 Å². The van der Waals surface area contributed by atoms with Crippen LogP contribution >= 0.6 is 0 Å². The molecule has 0 atom stereocenters. The van der Waals surface area contributed by atoms with Crippen molar-refractivity contribution in [3.05, 3.63) is 12.1 Å². The highest BCUT2D eigenvalue weighted by Gasteiger charge is 2.32. The molecule has 2 heterocycles. The molecule has 0 aliphatic carbocycles. The number of piperazine rings is 1. The van der Waals surface area contributed by atoms with Gasteiger partial charge < -0.3 is 19.7 Å². The van der Waals surface area contributed by atoms with Gasteiger partial charge in [-0.2, -0.15) is 4.31 Å². The largest absolute Gasteiger partial charge is 0.495 e. The molecule has 1 saturated heterocycles. The van der Waals surface area contributed by atoms with Gasteiger partial charge in [-0.1, -0.05) is 0 Å². The lowest BCUT2D eigenvalue weighted by atomic mass is 10.2. The Morgan fingerprint density at radius 3 is 2.57 bits per heavy atom. The predicted molar refractivity (Wildman–Crippen MR) is 83.4 cm³/mol. The molecular weight excluding hydrogens is 322 g/mol. The van der Waals surface area contributed by atoms with Gasteiger partial charge in [0.05, 0.1) is 12.8 Å². The van der Waals surface area contributed by atoms with Crippen LogP contribution in [-0.2, 0) is 14.8 Å². The Bertz CT molecular complexity index is 726. The van der Waals surface area contributed by atoms with Crippen molar-refractivity contribution in [3.63, 3.8) is 0 Å². The standard InChI is InChI=1S/C14H19N3O5S/c1-16-3-5-17(6-4-16)23(19,20)13-8-11-10(7-12(13)21-2)15-14(18)9-22-11/h7-8H,3-6,9H2,1-2H3,(H,15,18). The van der Waals surface area contributed by atoms with E-state index in [1.54, 1.807) is 0 Å². The zero-order valence-electron chi connectivity index (χ0n) is 13.0. The summed E-state index contributed by atoms with van der Waals surface area (Å²) in [6.07, 6.45) is 0. The number of benzene rings is 1. The lowest BCUT2D eigenvalue weighted by molar-refractivity contribution is -0.118. The Morgan fingerprint density at radius 2 is 1.91 bits per heavy atom. The van der Waals surface area contributed by atoms with Gasteiger partial charge in [0.15, 0.2) is 6.61 Å². The van der Waals surface area contributed by atoms with Crippen LogP contribution in [0.1, 0.15) is 0 Å². The van der Waals surface area contributed by atoms with Crippen molar-refractivity contribution in [2.45, 2.75) is 4.90 Å². The number of ether oxygens (including phenoxy) is 2. The number of fused-ring (bicyclic) bond motifs is 1. The maximum Gasteiger partial charge on any atom is 0.262 e. The number of hydrogen-bond acceptors (Lipinski definition) is 6. The number of nitrogens with one attached hydrogen (secondary N) is 1. The second kappa shape index (κ2) is 5.99. The highest BCUT2D eigenvalue weighted by molar-refractivity contribution is 7.89. The van der Waals surface area contributed by atoms with Gasteiger partial charge in [0.1, 0.15) is 16.4 Å². The number of rotatable bonds is 3. The van der Waals surface area contributed by atoms with Crippen molar-refractivity contribution in [2.24, 2.45) is 0 Å². The predicted octanol–water partition coefficient (Wildman–Crippen LogP) is -0.0378. The van der Waals surface area contributed by atoms with Gasteiger partial charge in [0.2, 0.25) is 10.0 Å². The molecule has 0 aromatic heterocycles. The van der Waals surface area contributed by atoms with Crippen molar-refractivity contribution in [1.29, 1.82) is 0 Å². The van der Waals surface area contributed by atoms with Crippen LogP contribution < -0.4 is 14.8 Å².